The van der Waals surface area contributed by atoms with Crippen molar-refractivity contribution >= 4 is 35.5 Å². The predicted octanol–water partition coefficient (Wildman–Crippen LogP) is 5.53. The van der Waals surface area contributed by atoms with Gasteiger partial charge in [-0.1, -0.05) is 76.9 Å². The Bertz CT molecular complexity index is 306. The summed E-state index contributed by atoms with van der Waals surface area (Å²) < 4.78 is 5.05. The molecule has 0 heterocycles. The summed E-state index contributed by atoms with van der Waals surface area (Å²) in [5.41, 5.74) is 5.43. The molecule has 3 nitrogen and oxygen atoms in total. The number of ether oxygens (including phenoxy) is 1. The van der Waals surface area contributed by atoms with E-state index >= 15 is 0 Å². The summed E-state index contributed by atoms with van der Waals surface area (Å²) >= 11 is 0. The number of carbonyl (C=O) groups excluding carboxylic acids is 1. The van der Waals surface area contributed by atoms with Gasteiger partial charge in [0.2, 0.25) is 0 Å². The maximum atomic E-state index is 11.1. The number of allylic oxidation sites excluding steroid dienone is 2. The van der Waals surface area contributed by atoms with Crippen LogP contribution >= 0.6 is 0 Å². The molecule has 0 aromatic carbocycles. The molecule has 1 unspecified atom stereocenters. The predicted molar refractivity (Wildman–Crippen MR) is 110 cm³/mol. The Morgan fingerprint density at radius 3 is 1.76 bits per heavy atom. The van der Waals surface area contributed by atoms with E-state index < -0.39 is 6.04 Å². The van der Waals surface area contributed by atoms with Crippen LogP contribution in [0.1, 0.15) is 104 Å². The van der Waals surface area contributed by atoms with Crippen LogP contribution in [0.25, 0.3) is 0 Å². The van der Waals surface area contributed by atoms with E-state index in [0.717, 1.165) is 12.8 Å². The maximum Gasteiger partial charge on any atom is 0.322 e. The quantitative estimate of drug-likeness (QED) is 0.160. The van der Waals surface area contributed by atoms with E-state index in [0.29, 0.717) is 6.61 Å². The third-order valence-electron chi connectivity index (χ3n) is 4.27. The molecular weight excluding hydrogens is 321 g/mol. The van der Waals surface area contributed by atoms with Crippen LogP contribution in [0.4, 0.5) is 0 Å². The molecule has 0 bridgehead atoms. The Kier molecular flexibility index (Phi) is 24.3. The second-order valence-electron chi connectivity index (χ2n) is 6.89. The second-order valence-corrected chi connectivity index (χ2v) is 6.89. The van der Waals surface area contributed by atoms with Gasteiger partial charge in [0, 0.05) is 29.6 Å². The molecule has 1 atom stereocenters. The fourth-order valence-electron chi connectivity index (χ4n) is 2.65. The second kappa shape index (κ2) is 22.2. The molecule has 25 heavy (non-hydrogen) atoms. The van der Waals surface area contributed by atoms with Gasteiger partial charge >= 0.3 is 5.97 Å². The van der Waals surface area contributed by atoms with Crippen molar-refractivity contribution in [3.63, 3.8) is 0 Å². The molecule has 0 saturated carbocycles. The molecular formula is C21H41NNaO2. The van der Waals surface area contributed by atoms with Gasteiger partial charge in [0.05, 0.1) is 6.61 Å². The van der Waals surface area contributed by atoms with Gasteiger partial charge in [0.25, 0.3) is 0 Å². The third-order valence-corrected chi connectivity index (χ3v) is 4.27. The average Bonchev–Trinajstić information content (AvgIpc) is 2.57. The van der Waals surface area contributed by atoms with Crippen LogP contribution in [-0.4, -0.2) is 48.2 Å². The van der Waals surface area contributed by atoms with E-state index in [-0.39, 0.29) is 35.5 Å². The van der Waals surface area contributed by atoms with Crippen molar-refractivity contribution in [2.45, 2.75) is 110 Å². The van der Waals surface area contributed by atoms with Crippen LogP contribution in [0.15, 0.2) is 12.2 Å². The first-order valence-electron chi connectivity index (χ1n) is 10.3. The van der Waals surface area contributed by atoms with Crippen molar-refractivity contribution in [2.75, 3.05) is 6.61 Å². The maximum absolute atomic E-state index is 11.1. The average molecular weight is 363 g/mol. The van der Waals surface area contributed by atoms with E-state index in [1.165, 1.54) is 77.0 Å². The van der Waals surface area contributed by atoms with Crippen molar-refractivity contribution in [1.29, 1.82) is 0 Å². The van der Waals surface area contributed by atoms with Crippen molar-refractivity contribution in [3.05, 3.63) is 12.2 Å². The van der Waals surface area contributed by atoms with Crippen molar-refractivity contribution in [2.24, 2.45) is 5.73 Å². The standard InChI is InChI=1S/C21H41NO2.Na/c1-3-4-5-6-7-8-9-10-11-12-13-14-15-16-17-18-19-24-21(23)20(2)22;/h10-11,20H,3-9,12-19,22H2,1-2H3;/b11-10-;. The van der Waals surface area contributed by atoms with Crippen LogP contribution in [0, 0.1) is 0 Å². The Morgan fingerprint density at radius 2 is 1.28 bits per heavy atom. The topological polar surface area (TPSA) is 52.3 Å². The van der Waals surface area contributed by atoms with Crippen molar-refractivity contribution in [1.82, 2.24) is 0 Å². The molecule has 0 aromatic heterocycles. The summed E-state index contributed by atoms with van der Waals surface area (Å²) in [5, 5.41) is 0. The van der Waals surface area contributed by atoms with Gasteiger partial charge in [-0.2, -0.15) is 0 Å². The zero-order valence-electron chi connectivity index (χ0n) is 17.2. The van der Waals surface area contributed by atoms with Crippen LogP contribution in [0.5, 0.6) is 0 Å². The fraction of sp³-hybridized carbons (Fsp3) is 0.857. The Labute approximate surface area is 178 Å². The summed E-state index contributed by atoms with van der Waals surface area (Å²) in [6, 6.07) is -0.501. The van der Waals surface area contributed by atoms with Gasteiger partial charge in [0.1, 0.15) is 6.04 Å². The van der Waals surface area contributed by atoms with Crippen LogP contribution in [0.3, 0.4) is 0 Å². The Morgan fingerprint density at radius 1 is 0.840 bits per heavy atom. The molecule has 0 fully saturated rings. The number of esters is 1. The molecule has 0 saturated heterocycles. The van der Waals surface area contributed by atoms with Crippen molar-refractivity contribution in [3.8, 4) is 0 Å². The van der Waals surface area contributed by atoms with E-state index in [1.54, 1.807) is 6.92 Å². The largest absolute Gasteiger partial charge is 0.465 e. The van der Waals surface area contributed by atoms with Gasteiger partial charge in [-0.15, -0.1) is 0 Å². The van der Waals surface area contributed by atoms with Crippen molar-refractivity contribution < 1.29 is 9.53 Å². The van der Waals surface area contributed by atoms with Gasteiger partial charge in [-0.05, 0) is 39.0 Å². The summed E-state index contributed by atoms with van der Waals surface area (Å²) in [6.45, 7) is 4.44. The number of rotatable bonds is 17. The zero-order chi connectivity index (χ0) is 17.9. The van der Waals surface area contributed by atoms with E-state index in [2.05, 4.69) is 19.1 Å². The van der Waals surface area contributed by atoms with Crippen LogP contribution in [0.2, 0.25) is 0 Å². The molecule has 4 heteroatoms. The third kappa shape index (κ3) is 22.1. The van der Waals surface area contributed by atoms with Gasteiger partial charge in [0.15, 0.2) is 0 Å². The van der Waals surface area contributed by atoms with Crippen LogP contribution in [-0.2, 0) is 9.53 Å². The molecule has 0 aliphatic heterocycles. The van der Waals surface area contributed by atoms with E-state index in [9.17, 15) is 4.79 Å². The summed E-state index contributed by atoms with van der Waals surface area (Å²) in [7, 11) is 0. The zero-order valence-corrected chi connectivity index (χ0v) is 19.2. The van der Waals surface area contributed by atoms with Gasteiger partial charge < -0.3 is 10.5 Å². The summed E-state index contributed by atoms with van der Waals surface area (Å²) in [5.74, 6) is -0.289. The minimum atomic E-state index is -0.501. The van der Waals surface area contributed by atoms with Gasteiger partial charge in [-0.25, -0.2) is 0 Å². The molecule has 143 valence electrons. The normalized spacial score (nSPS) is 12.1. The molecule has 1 radical (unpaired) electrons. The minimum absolute atomic E-state index is 0. The van der Waals surface area contributed by atoms with E-state index in [1.807, 2.05) is 0 Å². The fourth-order valence-corrected chi connectivity index (χ4v) is 2.65. The summed E-state index contributed by atoms with van der Waals surface area (Å²) in [4.78, 5) is 11.1. The number of nitrogens with two attached hydrogens (primary N) is 1. The first-order chi connectivity index (χ1) is 11.7. The number of carbonyl (C=O) groups is 1. The van der Waals surface area contributed by atoms with E-state index in [4.69, 9.17) is 10.5 Å². The number of hydrogen-bond acceptors (Lipinski definition) is 3. The molecule has 0 aliphatic carbocycles. The first-order valence-corrected chi connectivity index (χ1v) is 10.3. The van der Waals surface area contributed by atoms with Crippen LogP contribution < -0.4 is 5.73 Å². The Balaban J connectivity index is 0. The molecule has 0 spiro atoms. The molecule has 0 amide bonds. The smallest absolute Gasteiger partial charge is 0.322 e. The Hall–Kier alpha value is 0.170. The molecule has 2 N–H and O–H groups in total. The SMILES string of the molecule is CCCCCCCC/C=C\CCCCCCCCOC(=O)C(C)N.[Na]. The molecule has 0 aliphatic rings. The minimum Gasteiger partial charge on any atom is -0.465 e. The first kappa shape index (κ1) is 27.4. The molecule has 0 rings (SSSR count). The van der Waals surface area contributed by atoms with Gasteiger partial charge in [-0.3, -0.25) is 4.79 Å². The summed E-state index contributed by atoms with van der Waals surface area (Å²) in [6.07, 6.45) is 22.7. The number of hydrogen-bond donors (Lipinski definition) is 1. The number of unbranched alkanes of at least 4 members (excludes halogenated alkanes) is 12. The molecule has 0 aromatic rings. The monoisotopic (exact) mass is 362 g/mol.